The number of hydrogen-bond acceptors (Lipinski definition) is 6. The molecule has 0 radical (unpaired) electrons. The summed E-state index contributed by atoms with van der Waals surface area (Å²) >= 11 is 0. The summed E-state index contributed by atoms with van der Waals surface area (Å²) in [6.45, 7) is 0. The Morgan fingerprint density at radius 1 is 0.963 bits per heavy atom. The number of hydrogen-bond donors (Lipinski definition) is 1. The molecule has 0 bridgehead atoms. The number of aryl methyl sites for hydroxylation is 1. The van der Waals surface area contributed by atoms with Crippen molar-refractivity contribution in [2.45, 2.75) is 6.10 Å². The lowest BCUT2D eigenvalue weighted by Gasteiger charge is -2.11. The zero-order valence-electron chi connectivity index (χ0n) is 14.4. The highest BCUT2D eigenvalue weighted by molar-refractivity contribution is 5.74. The molecule has 5 aromatic rings. The molecule has 0 fully saturated rings. The van der Waals surface area contributed by atoms with Gasteiger partial charge < -0.3 is 5.11 Å². The molecule has 0 amide bonds. The van der Waals surface area contributed by atoms with Gasteiger partial charge in [-0.2, -0.15) is 10.2 Å². The second-order valence-corrected chi connectivity index (χ2v) is 6.28. The number of aromatic nitrogens is 7. The van der Waals surface area contributed by atoms with Gasteiger partial charge in [0.25, 0.3) is 0 Å². The lowest BCUT2D eigenvalue weighted by molar-refractivity contribution is 0.213. The van der Waals surface area contributed by atoms with Crippen molar-refractivity contribution in [1.82, 2.24) is 34.3 Å². The molecule has 0 aliphatic heterocycles. The van der Waals surface area contributed by atoms with Crippen molar-refractivity contribution in [2.24, 2.45) is 7.05 Å². The topological polar surface area (TPSA) is 94.0 Å². The average molecular weight is 357 g/mol. The summed E-state index contributed by atoms with van der Waals surface area (Å²) in [5, 5.41) is 19.8. The molecular weight excluding hydrogens is 342 g/mol. The third-order valence-corrected chi connectivity index (χ3v) is 4.48. The average Bonchev–Trinajstić information content (AvgIpc) is 3.32. The summed E-state index contributed by atoms with van der Waals surface area (Å²) in [6, 6.07) is 9.28. The molecule has 4 heterocycles. The fourth-order valence-electron chi connectivity index (χ4n) is 3.11. The Bertz CT molecular complexity index is 1270. The van der Waals surface area contributed by atoms with Gasteiger partial charge in [0.2, 0.25) is 0 Å². The molecule has 27 heavy (non-hydrogen) atoms. The van der Waals surface area contributed by atoms with Gasteiger partial charge >= 0.3 is 0 Å². The predicted molar refractivity (Wildman–Crippen MR) is 98.8 cm³/mol. The maximum atomic E-state index is 10.9. The first-order valence-electron chi connectivity index (χ1n) is 8.41. The molecule has 1 atom stereocenters. The molecule has 5 rings (SSSR count). The fourth-order valence-corrected chi connectivity index (χ4v) is 3.11. The van der Waals surface area contributed by atoms with Gasteiger partial charge in [-0.05, 0) is 29.8 Å². The quantitative estimate of drug-likeness (QED) is 0.532. The number of rotatable bonds is 3. The zero-order chi connectivity index (χ0) is 18.4. The van der Waals surface area contributed by atoms with Gasteiger partial charge in [-0.15, -0.1) is 0 Å². The minimum atomic E-state index is -0.886. The SMILES string of the molecule is Cn1cc(-c2ccc3ncc(C(O)c4ccc5nccnc5c4)n3n2)cn1. The first-order valence-corrected chi connectivity index (χ1v) is 8.41. The van der Waals surface area contributed by atoms with Crippen LogP contribution >= 0.6 is 0 Å². The Kier molecular flexibility index (Phi) is 3.44. The van der Waals surface area contributed by atoms with Crippen LogP contribution < -0.4 is 0 Å². The number of imidazole rings is 1. The highest BCUT2D eigenvalue weighted by Gasteiger charge is 2.18. The van der Waals surface area contributed by atoms with Crippen LogP contribution in [-0.2, 0) is 7.05 Å². The summed E-state index contributed by atoms with van der Waals surface area (Å²) < 4.78 is 3.38. The van der Waals surface area contributed by atoms with E-state index in [9.17, 15) is 5.11 Å². The summed E-state index contributed by atoms with van der Waals surface area (Å²) in [4.78, 5) is 12.9. The lowest BCUT2D eigenvalue weighted by atomic mass is 10.1. The monoisotopic (exact) mass is 357 g/mol. The normalized spacial score (nSPS) is 12.7. The highest BCUT2D eigenvalue weighted by Crippen LogP contribution is 2.25. The molecule has 8 nitrogen and oxygen atoms in total. The van der Waals surface area contributed by atoms with Crippen molar-refractivity contribution in [1.29, 1.82) is 0 Å². The number of aliphatic hydroxyl groups excluding tert-OH is 1. The van der Waals surface area contributed by atoms with E-state index in [1.807, 2.05) is 43.6 Å². The van der Waals surface area contributed by atoms with E-state index in [4.69, 9.17) is 0 Å². The van der Waals surface area contributed by atoms with Crippen LogP contribution in [0, 0.1) is 0 Å². The molecule has 1 aromatic carbocycles. The third kappa shape index (κ3) is 2.63. The zero-order valence-corrected chi connectivity index (χ0v) is 14.4. The van der Waals surface area contributed by atoms with Crippen molar-refractivity contribution < 1.29 is 5.11 Å². The number of aliphatic hydroxyl groups is 1. The molecule has 1 N–H and O–H groups in total. The Morgan fingerprint density at radius 2 is 1.81 bits per heavy atom. The van der Waals surface area contributed by atoms with Crippen LogP contribution in [-0.4, -0.2) is 39.5 Å². The standard InChI is InChI=1S/C19H15N7O/c1-25-11-13(9-23-25)14-4-5-18-22-10-17(26(18)24-14)19(27)12-2-3-15-16(8-12)21-7-6-20-15/h2-11,19,27H,1H3. The highest BCUT2D eigenvalue weighted by atomic mass is 16.3. The molecular formula is C19H15N7O. The van der Waals surface area contributed by atoms with E-state index >= 15 is 0 Å². The maximum Gasteiger partial charge on any atom is 0.153 e. The van der Waals surface area contributed by atoms with E-state index in [-0.39, 0.29) is 0 Å². The van der Waals surface area contributed by atoms with E-state index in [1.165, 1.54) is 0 Å². The van der Waals surface area contributed by atoms with Crippen LogP contribution in [0.2, 0.25) is 0 Å². The van der Waals surface area contributed by atoms with Gasteiger partial charge in [-0.3, -0.25) is 14.6 Å². The number of fused-ring (bicyclic) bond motifs is 2. The molecule has 1 unspecified atom stereocenters. The van der Waals surface area contributed by atoms with Crippen LogP contribution in [0.5, 0.6) is 0 Å². The van der Waals surface area contributed by atoms with Gasteiger partial charge in [0.05, 0.1) is 34.8 Å². The van der Waals surface area contributed by atoms with Gasteiger partial charge in [0.15, 0.2) is 5.65 Å². The van der Waals surface area contributed by atoms with Gasteiger partial charge in [0.1, 0.15) is 6.10 Å². The minimum absolute atomic E-state index is 0.582. The predicted octanol–water partition coefficient (Wildman–Crippen LogP) is 2.15. The van der Waals surface area contributed by atoms with Crippen molar-refractivity contribution in [3.8, 4) is 11.3 Å². The third-order valence-electron chi connectivity index (χ3n) is 4.48. The summed E-state index contributed by atoms with van der Waals surface area (Å²) in [5.41, 5.74) is 5.12. The molecule has 4 aromatic heterocycles. The second kappa shape index (κ2) is 5.96. The maximum absolute atomic E-state index is 10.9. The summed E-state index contributed by atoms with van der Waals surface area (Å²) in [7, 11) is 1.86. The van der Waals surface area contributed by atoms with Gasteiger partial charge in [-0.1, -0.05) is 6.07 Å². The summed E-state index contributed by atoms with van der Waals surface area (Å²) in [5.74, 6) is 0. The Balaban J connectivity index is 1.60. The molecule has 0 spiro atoms. The first kappa shape index (κ1) is 15.6. The number of benzene rings is 1. The van der Waals surface area contributed by atoms with Crippen molar-refractivity contribution in [3.05, 3.63) is 72.6 Å². The molecule has 8 heteroatoms. The minimum Gasteiger partial charge on any atom is -0.382 e. The van der Waals surface area contributed by atoms with E-state index in [2.05, 4.69) is 25.1 Å². The van der Waals surface area contributed by atoms with Gasteiger partial charge in [-0.25, -0.2) is 9.50 Å². The number of nitrogens with zero attached hydrogens (tertiary/aromatic N) is 7. The Labute approximate surface area is 153 Å². The smallest absolute Gasteiger partial charge is 0.153 e. The molecule has 0 aliphatic rings. The Morgan fingerprint density at radius 3 is 2.63 bits per heavy atom. The Hall–Kier alpha value is -3.65. The largest absolute Gasteiger partial charge is 0.382 e. The van der Waals surface area contributed by atoms with E-state index in [0.29, 0.717) is 16.9 Å². The van der Waals surface area contributed by atoms with E-state index in [0.717, 1.165) is 22.3 Å². The second-order valence-electron chi connectivity index (χ2n) is 6.28. The van der Waals surface area contributed by atoms with Crippen molar-refractivity contribution in [2.75, 3.05) is 0 Å². The lowest BCUT2D eigenvalue weighted by Crippen LogP contribution is -2.06. The van der Waals surface area contributed by atoms with Gasteiger partial charge in [0, 0.05) is 31.2 Å². The molecule has 132 valence electrons. The van der Waals surface area contributed by atoms with E-state index < -0.39 is 6.10 Å². The van der Waals surface area contributed by atoms with Crippen molar-refractivity contribution in [3.63, 3.8) is 0 Å². The molecule has 0 aliphatic carbocycles. The first-order chi connectivity index (χ1) is 13.2. The van der Waals surface area contributed by atoms with Crippen LogP contribution in [0.1, 0.15) is 17.4 Å². The van der Waals surface area contributed by atoms with Crippen LogP contribution in [0.3, 0.4) is 0 Å². The van der Waals surface area contributed by atoms with Crippen molar-refractivity contribution >= 4 is 16.7 Å². The fraction of sp³-hybridized carbons (Fsp3) is 0.105. The molecule has 0 saturated carbocycles. The van der Waals surface area contributed by atoms with E-state index in [1.54, 1.807) is 34.0 Å². The van der Waals surface area contributed by atoms with Crippen LogP contribution in [0.4, 0.5) is 0 Å². The van der Waals surface area contributed by atoms with Crippen LogP contribution in [0.15, 0.2) is 61.3 Å². The molecule has 0 saturated heterocycles. The van der Waals surface area contributed by atoms with Crippen LogP contribution in [0.25, 0.3) is 27.9 Å². The summed E-state index contributed by atoms with van der Waals surface area (Å²) in [6.07, 6.45) is 7.68.